The van der Waals surface area contributed by atoms with Crippen molar-refractivity contribution in [3.8, 4) is 0 Å². The highest BCUT2D eigenvalue weighted by Crippen LogP contribution is 2.23. The maximum absolute atomic E-state index is 13.0. The molecule has 144 valence electrons. The summed E-state index contributed by atoms with van der Waals surface area (Å²) >= 11 is 7.33. The minimum atomic E-state index is -3.68. The third-order valence-electron chi connectivity index (χ3n) is 4.20. The molecular formula is C18H18ClFN2O3S2. The molecule has 0 atom stereocenters. The van der Waals surface area contributed by atoms with Crippen LogP contribution in [0, 0.1) is 5.82 Å². The van der Waals surface area contributed by atoms with E-state index in [1.807, 2.05) is 12.1 Å². The van der Waals surface area contributed by atoms with Gasteiger partial charge in [-0.15, -0.1) is 11.8 Å². The summed E-state index contributed by atoms with van der Waals surface area (Å²) in [6, 6.07) is 12.0. The third kappa shape index (κ3) is 5.01. The average molecular weight is 429 g/mol. The second-order valence-corrected chi connectivity index (χ2v) is 9.41. The summed E-state index contributed by atoms with van der Waals surface area (Å²) in [5, 5.41) is 0.618. The summed E-state index contributed by atoms with van der Waals surface area (Å²) in [5.41, 5.74) is 0. The number of hydrogen-bond acceptors (Lipinski definition) is 4. The van der Waals surface area contributed by atoms with Crippen molar-refractivity contribution in [3.05, 3.63) is 59.4 Å². The molecule has 0 N–H and O–H groups in total. The van der Waals surface area contributed by atoms with E-state index in [2.05, 4.69) is 0 Å². The molecular weight excluding hydrogens is 411 g/mol. The van der Waals surface area contributed by atoms with E-state index in [-0.39, 0.29) is 29.6 Å². The molecule has 0 unspecified atom stereocenters. The zero-order valence-corrected chi connectivity index (χ0v) is 16.7. The molecule has 2 aromatic rings. The minimum absolute atomic E-state index is 0.0428. The van der Waals surface area contributed by atoms with E-state index in [1.54, 1.807) is 17.0 Å². The van der Waals surface area contributed by atoms with Gasteiger partial charge in [0.1, 0.15) is 5.82 Å². The highest BCUT2D eigenvalue weighted by Gasteiger charge is 2.30. The number of amides is 1. The number of nitrogens with zero attached hydrogens (tertiary/aromatic N) is 2. The van der Waals surface area contributed by atoms with Crippen molar-refractivity contribution in [1.29, 1.82) is 0 Å². The lowest BCUT2D eigenvalue weighted by Crippen LogP contribution is -2.50. The van der Waals surface area contributed by atoms with Crippen LogP contribution >= 0.6 is 23.4 Å². The maximum Gasteiger partial charge on any atom is 0.243 e. The molecule has 0 aliphatic carbocycles. The SMILES string of the molecule is O=C(CSc1cccc(Cl)c1)N1CCN(S(=O)(=O)c2ccc(F)cc2)CC1. The van der Waals surface area contributed by atoms with Gasteiger partial charge in [-0.2, -0.15) is 4.31 Å². The second-order valence-electron chi connectivity index (χ2n) is 5.98. The van der Waals surface area contributed by atoms with E-state index in [1.165, 1.54) is 28.2 Å². The van der Waals surface area contributed by atoms with Crippen LogP contribution in [0.1, 0.15) is 0 Å². The first kappa shape index (κ1) is 20.1. The highest BCUT2D eigenvalue weighted by molar-refractivity contribution is 8.00. The third-order valence-corrected chi connectivity index (χ3v) is 7.33. The molecule has 0 spiro atoms. The molecule has 9 heteroatoms. The summed E-state index contributed by atoms with van der Waals surface area (Å²) in [4.78, 5) is 15.0. The Morgan fingerprint density at radius 2 is 1.74 bits per heavy atom. The van der Waals surface area contributed by atoms with Crippen LogP contribution in [0.2, 0.25) is 5.02 Å². The Kier molecular flexibility index (Phi) is 6.41. The quantitative estimate of drug-likeness (QED) is 0.686. The van der Waals surface area contributed by atoms with E-state index >= 15 is 0 Å². The summed E-state index contributed by atoms with van der Waals surface area (Å²) in [7, 11) is -3.68. The molecule has 1 amide bonds. The van der Waals surface area contributed by atoms with Crippen molar-refractivity contribution in [2.75, 3.05) is 31.9 Å². The lowest BCUT2D eigenvalue weighted by molar-refractivity contribution is -0.129. The second kappa shape index (κ2) is 8.60. The van der Waals surface area contributed by atoms with Crippen LogP contribution in [0.15, 0.2) is 58.3 Å². The Morgan fingerprint density at radius 1 is 1.07 bits per heavy atom. The number of sulfonamides is 1. The normalized spacial score (nSPS) is 15.7. The predicted molar refractivity (Wildman–Crippen MR) is 104 cm³/mol. The molecule has 3 rings (SSSR count). The van der Waals surface area contributed by atoms with Gasteiger partial charge in [0.05, 0.1) is 10.6 Å². The first-order valence-electron chi connectivity index (χ1n) is 8.28. The van der Waals surface area contributed by atoms with Crippen molar-refractivity contribution in [3.63, 3.8) is 0 Å². The van der Waals surface area contributed by atoms with Crippen LogP contribution in [0.4, 0.5) is 4.39 Å². The van der Waals surface area contributed by atoms with Gasteiger partial charge in [-0.1, -0.05) is 17.7 Å². The van der Waals surface area contributed by atoms with Crippen molar-refractivity contribution >= 4 is 39.3 Å². The van der Waals surface area contributed by atoms with Crippen molar-refractivity contribution in [2.24, 2.45) is 0 Å². The fraction of sp³-hybridized carbons (Fsp3) is 0.278. The standard InChI is InChI=1S/C18H18ClFN2O3S2/c19-14-2-1-3-16(12-14)26-13-18(23)21-8-10-22(11-9-21)27(24,25)17-6-4-15(20)5-7-17/h1-7,12H,8-11,13H2. The van der Waals surface area contributed by atoms with Gasteiger partial charge in [0.25, 0.3) is 0 Å². The predicted octanol–water partition coefficient (Wildman–Crippen LogP) is 3.10. The topological polar surface area (TPSA) is 57.7 Å². The number of halogens is 2. The fourth-order valence-electron chi connectivity index (χ4n) is 2.73. The summed E-state index contributed by atoms with van der Waals surface area (Å²) < 4.78 is 39.5. The van der Waals surface area contributed by atoms with Crippen LogP contribution < -0.4 is 0 Å². The van der Waals surface area contributed by atoms with Crippen LogP contribution in [0.3, 0.4) is 0 Å². The minimum Gasteiger partial charge on any atom is -0.339 e. The van der Waals surface area contributed by atoms with Crippen molar-refractivity contribution < 1.29 is 17.6 Å². The fourth-order valence-corrected chi connectivity index (χ4v) is 5.26. The van der Waals surface area contributed by atoms with E-state index in [0.717, 1.165) is 17.0 Å². The first-order valence-corrected chi connectivity index (χ1v) is 11.1. The Morgan fingerprint density at radius 3 is 2.37 bits per heavy atom. The van der Waals surface area contributed by atoms with Gasteiger partial charge in [-0.05, 0) is 42.5 Å². The van der Waals surface area contributed by atoms with Gasteiger partial charge in [0.15, 0.2) is 0 Å². The van der Waals surface area contributed by atoms with Gasteiger partial charge >= 0.3 is 0 Å². The molecule has 1 saturated heterocycles. The lowest BCUT2D eigenvalue weighted by Gasteiger charge is -2.34. The van der Waals surface area contributed by atoms with Gasteiger partial charge in [-0.3, -0.25) is 4.79 Å². The van der Waals surface area contributed by atoms with E-state index in [0.29, 0.717) is 18.1 Å². The first-order chi connectivity index (χ1) is 12.9. The molecule has 0 radical (unpaired) electrons. The molecule has 27 heavy (non-hydrogen) atoms. The highest BCUT2D eigenvalue weighted by atomic mass is 35.5. The molecule has 1 heterocycles. The zero-order chi connectivity index (χ0) is 19.4. The largest absolute Gasteiger partial charge is 0.339 e. The van der Waals surface area contributed by atoms with Gasteiger partial charge in [0.2, 0.25) is 15.9 Å². The van der Waals surface area contributed by atoms with Crippen LogP contribution in [0.5, 0.6) is 0 Å². The number of rotatable bonds is 5. The summed E-state index contributed by atoms with van der Waals surface area (Å²) in [5.74, 6) is -0.259. The van der Waals surface area contributed by atoms with E-state index in [4.69, 9.17) is 11.6 Å². The zero-order valence-electron chi connectivity index (χ0n) is 14.3. The van der Waals surface area contributed by atoms with Crippen molar-refractivity contribution in [2.45, 2.75) is 9.79 Å². The Balaban J connectivity index is 1.55. The number of benzene rings is 2. The molecule has 1 aliphatic heterocycles. The van der Waals surface area contributed by atoms with Crippen molar-refractivity contribution in [1.82, 2.24) is 9.21 Å². The van der Waals surface area contributed by atoms with Gasteiger partial charge in [0, 0.05) is 36.1 Å². The monoisotopic (exact) mass is 428 g/mol. The van der Waals surface area contributed by atoms with Crippen LogP contribution in [0.25, 0.3) is 0 Å². The average Bonchev–Trinajstić information content (AvgIpc) is 2.66. The Labute approximate surface area is 167 Å². The van der Waals surface area contributed by atoms with Gasteiger partial charge < -0.3 is 4.90 Å². The Bertz CT molecular complexity index is 914. The number of carbonyl (C=O) groups excluding carboxylic acids is 1. The maximum atomic E-state index is 13.0. The molecule has 1 aliphatic rings. The molecule has 0 saturated carbocycles. The molecule has 0 bridgehead atoms. The molecule has 2 aromatic carbocycles. The Hall–Kier alpha value is -1.61. The van der Waals surface area contributed by atoms with Crippen LogP contribution in [-0.2, 0) is 14.8 Å². The summed E-state index contributed by atoms with van der Waals surface area (Å²) in [6.45, 7) is 1.09. The van der Waals surface area contributed by atoms with E-state index in [9.17, 15) is 17.6 Å². The summed E-state index contributed by atoms with van der Waals surface area (Å²) in [6.07, 6.45) is 0. The number of carbonyl (C=O) groups is 1. The molecule has 0 aromatic heterocycles. The van der Waals surface area contributed by atoms with Gasteiger partial charge in [-0.25, -0.2) is 12.8 Å². The number of thioether (sulfide) groups is 1. The molecule has 1 fully saturated rings. The smallest absolute Gasteiger partial charge is 0.243 e. The number of piperazine rings is 1. The van der Waals surface area contributed by atoms with Crippen LogP contribution in [-0.4, -0.2) is 55.5 Å². The lowest BCUT2D eigenvalue weighted by atomic mass is 10.3. The van der Waals surface area contributed by atoms with E-state index < -0.39 is 15.8 Å². The number of hydrogen-bond donors (Lipinski definition) is 0. The molecule has 5 nitrogen and oxygen atoms in total.